The Morgan fingerprint density at radius 2 is 2.00 bits per heavy atom. The highest BCUT2D eigenvalue weighted by Gasteiger charge is 2.12. The van der Waals surface area contributed by atoms with Gasteiger partial charge in [0.25, 0.3) is 0 Å². The number of morpholine rings is 1. The molecule has 7 heteroatoms. The summed E-state index contributed by atoms with van der Waals surface area (Å²) >= 11 is 5.08. The maximum Gasteiger partial charge on any atom is 0.216 e. The Kier molecular flexibility index (Phi) is 5.00. The van der Waals surface area contributed by atoms with E-state index in [1.54, 1.807) is 6.92 Å². The standard InChI is InChI=1S/C9H14N4O2S/c1-7(8(2)12-14)10-11-9(16)13-3-5-15-6-4-13/h14H,1,3-6H2,2H3/b11-10?,12-8+. The molecule has 0 aromatic heterocycles. The van der Waals surface area contributed by atoms with Crippen LogP contribution in [0.5, 0.6) is 0 Å². The van der Waals surface area contributed by atoms with Gasteiger partial charge in [0.15, 0.2) is 0 Å². The van der Waals surface area contributed by atoms with Crippen molar-refractivity contribution in [2.24, 2.45) is 15.4 Å². The fraction of sp³-hybridized carbons (Fsp3) is 0.556. The van der Waals surface area contributed by atoms with Crippen molar-refractivity contribution in [2.45, 2.75) is 6.92 Å². The van der Waals surface area contributed by atoms with Gasteiger partial charge in [0.05, 0.1) is 13.2 Å². The quantitative estimate of drug-likeness (QED) is 0.261. The average molecular weight is 242 g/mol. The summed E-state index contributed by atoms with van der Waals surface area (Å²) in [5.74, 6) is 0. The zero-order valence-electron chi connectivity index (χ0n) is 9.09. The first kappa shape index (κ1) is 12.7. The second kappa shape index (κ2) is 6.29. The molecule has 0 saturated carbocycles. The monoisotopic (exact) mass is 242 g/mol. The van der Waals surface area contributed by atoms with Crippen LogP contribution in [0.3, 0.4) is 0 Å². The summed E-state index contributed by atoms with van der Waals surface area (Å²) < 4.78 is 5.19. The van der Waals surface area contributed by atoms with Crippen molar-refractivity contribution >= 4 is 23.0 Å². The predicted octanol–water partition coefficient (Wildman–Crippen LogP) is 1.42. The molecule has 0 spiro atoms. The van der Waals surface area contributed by atoms with E-state index in [1.807, 2.05) is 4.90 Å². The molecule has 0 atom stereocenters. The van der Waals surface area contributed by atoms with Crippen LogP contribution in [0.4, 0.5) is 0 Å². The lowest BCUT2D eigenvalue weighted by molar-refractivity contribution is 0.0685. The lowest BCUT2D eigenvalue weighted by Gasteiger charge is -2.26. The van der Waals surface area contributed by atoms with Crippen molar-refractivity contribution in [1.29, 1.82) is 0 Å². The van der Waals surface area contributed by atoms with E-state index in [9.17, 15) is 0 Å². The van der Waals surface area contributed by atoms with Crippen LogP contribution in [0.25, 0.3) is 0 Å². The number of hydrogen-bond acceptors (Lipinski definition) is 5. The van der Waals surface area contributed by atoms with Crippen LogP contribution in [0.1, 0.15) is 6.92 Å². The summed E-state index contributed by atoms with van der Waals surface area (Å²) in [4.78, 5) is 1.90. The Balaban J connectivity index is 2.49. The SMILES string of the molecule is C=C(N=NC(=S)N1CCOCC1)/C(C)=N/O. The van der Waals surface area contributed by atoms with Gasteiger partial charge in [0.2, 0.25) is 5.11 Å². The number of hydrogen-bond donors (Lipinski definition) is 1. The van der Waals surface area contributed by atoms with E-state index in [4.69, 9.17) is 22.2 Å². The van der Waals surface area contributed by atoms with E-state index in [-0.39, 0.29) is 5.70 Å². The highest BCUT2D eigenvalue weighted by molar-refractivity contribution is 7.80. The molecule has 1 fully saturated rings. The normalized spacial score (nSPS) is 17.8. The molecule has 0 aromatic carbocycles. The minimum absolute atomic E-state index is 0.290. The lowest BCUT2D eigenvalue weighted by atomic mass is 10.3. The molecular formula is C9H14N4O2S. The fourth-order valence-electron chi connectivity index (χ4n) is 1.05. The van der Waals surface area contributed by atoms with Gasteiger partial charge in [0, 0.05) is 13.1 Å². The molecule has 0 bridgehead atoms. The van der Waals surface area contributed by atoms with Crippen molar-refractivity contribution in [3.63, 3.8) is 0 Å². The summed E-state index contributed by atoms with van der Waals surface area (Å²) in [5, 5.41) is 19.5. The Morgan fingerprint density at radius 3 is 2.56 bits per heavy atom. The van der Waals surface area contributed by atoms with Gasteiger partial charge in [-0.25, -0.2) is 0 Å². The van der Waals surface area contributed by atoms with Crippen LogP contribution >= 0.6 is 12.2 Å². The first-order valence-corrected chi connectivity index (χ1v) is 5.22. The molecule has 1 aliphatic rings. The number of allylic oxidation sites excluding steroid dienone is 1. The summed E-state index contributed by atoms with van der Waals surface area (Å²) in [6, 6.07) is 0. The predicted molar refractivity (Wildman–Crippen MR) is 63.9 cm³/mol. The molecule has 0 amide bonds. The maximum absolute atomic E-state index is 8.48. The highest BCUT2D eigenvalue weighted by Crippen LogP contribution is 2.03. The van der Waals surface area contributed by atoms with Gasteiger partial charge >= 0.3 is 0 Å². The molecule has 1 N–H and O–H groups in total. The zero-order chi connectivity index (χ0) is 12.0. The molecule has 1 rings (SSSR count). The summed E-state index contributed by atoms with van der Waals surface area (Å²) in [6.45, 7) is 7.90. The Hall–Kier alpha value is -1.34. The Labute approximate surface area is 99.3 Å². The molecule has 6 nitrogen and oxygen atoms in total. The molecular weight excluding hydrogens is 228 g/mol. The second-order valence-corrected chi connectivity index (χ2v) is 3.58. The van der Waals surface area contributed by atoms with Crippen molar-refractivity contribution < 1.29 is 9.94 Å². The molecule has 0 aromatic rings. The van der Waals surface area contributed by atoms with E-state index < -0.39 is 0 Å². The number of thiocarbonyl (C=S) groups is 1. The summed E-state index contributed by atoms with van der Waals surface area (Å²) in [6.07, 6.45) is 0. The third-order valence-electron chi connectivity index (χ3n) is 2.11. The van der Waals surface area contributed by atoms with Gasteiger partial charge in [-0.1, -0.05) is 11.7 Å². The average Bonchev–Trinajstić information content (AvgIpc) is 2.35. The van der Waals surface area contributed by atoms with Crippen LogP contribution in [0.15, 0.2) is 27.7 Å². The van der Waals surface area contributed by atoms with Crippen molar-refractivity contribution in [3.05, 3.63) is 12.3 Å². The minimum atomic E-state index is 0.290. The van der Waals surface area contributed by atoms with Gasteiger partial charge in [-0.2, -0.15) is 0 Å². The number of rotatable bonds is 2. The van der Waals surface area contributed by atoms with Gasteiger partial charge in [-0.3, -0.25) is 0 Å². The van der Waals surface area contributed by atoms with Crippen LogP contribution in [-0.4, -0.2) is 47.2 Å². The van der Waals surface area contributed by atoms with Gasteiger partial charge < -0.3 is 14.8 Å². The molecule has 1 saturated heterocycles. The fourth-order valence-corrected chi connectivity index (χ4v) is 1.27. The molecule has 0 aliphatic carbocycles. The van der Waals surface area contributed by atoms with E-state index in [0.717, 1.165) is 13.1 Å². The van der Waals surface area contributed by atoms with E-state index in [1.165, 1.54) is 0 Å². The van der Waals surface area contributed by atoms with Crippen molar-refractivity contribution in [3.8, 4) is 0 Å². The summed E-state index contributed by atoms with van der Waals surface area (Å²) in [5.41, 5.74) is 0.603. The third-order valence-corrected chi connectivity index (χ3v) is 2.45. The molecule has 1 heterocycles. The first-order valence-electron chi connectivity index (χ1n) is 4.81. The largest absolute Gasteiger partial charge is 0.411 e. The van der Waals surface area contributed by atoms with Gasteiger partial charge in [-0.15, -0.1) is 10.2 Å². The van der Waals surface area contributed by atoms with Gasteiger partial charge in [-0.05, 0) is 19.1 Å². The minimum Gasteiger partial charge on any atom is -0.411 e. The van der Waals surface area contributed by atoms with E-state index in [2.05, 4.69) is 22.0 Å². The van der Waals surface area contributed by atoms with Crippen LogP contribution in [0, 0.1) is 0 Å². The van der Waals surface area contributed by atoms with E-state index >= 15 is 0 Å². The van der Waals surface area contributed by atoms with Crippen LogP contribution < -0.4 is 0 Å². The lowest BCUT2D eigenvalue weighted by Crippen LogP contribution is -2.38. The first-order chi connectivity index (χ1) is 7.65. The number of oxime groups is 1. The Morgan fingerprint density at radius 1 is 1.38 bits per heavy atom. The van der Waals surface area contributed by atoms with Crippen molar-refractivity contribution in [1.82, 2.24) is 4.90 Å². The van der Waals surface area contributed by atoms with Crippen LogP contribution in [-0.2, 0) is 4.74 Å². The maximum atomic E-state index is 8.48. The molecule has 16 heavy (non-hydrogen) atoms. The molecule has 0 unspecified atom stereocenters. The zero-order valence-corrected chi connectivity index (χ0v) is 9.90. The Bertz CT molecular complexity index is 334. The highest BCUT2D eigenvalue weighted by atomic mass is 32.1. The summed E-state index contributed by atoms with van der Waals surface area (Å²) in [7, 11) is 0. The number of nitrogens with zero attached hydrogens (tertiary/aromatic N) is 4. The molecule has 0 radical (unpaired) electrons. The smallest absolute Gasteiger partial charge is 0.216 e. The van der Waals surface area contributed by atoms with Crippen LogP contribution in [0.2, 0.25) is 0 Å². The third kappa shape index (κ3) is 3.67. The second-order valence-electron chi connectivity index (χ2n) is 3.21. The number of azo groups is 1. The number of ether oxygens (including phenoxy) is 1. The van der Waals surface area contributed by atoms with Crippen molar-refractivity contribution in [2.75, 3.05) is 26.3 Å². The van der Waals surface area contributed by atoms with E-state index in [0.29, 0.717) is 24.0 Å². The molecule has 1 aliphatic heterocycles. The topological polar surface area (TPSA) is 69.8 Å². The molecule has 88 valence electrons. The van der Waals surface area contributed by atoms with Gasteiger partial charge in [0.1, 0.15) is 11.4 Å².